The summed E-state index contributed by atoms with van der Waals surface area (Å²) in [6.07, 6.45) is 1.71. The van der Waals surface area contributed by atoms with Crippen LogP contribution in [0.25, 0.3) is 0 Å². The van der Waals surface area contributed by atoms with Crippen LogP contribution in [0.2, 0.25) is 0 Å². The van der Waals surface area contributed by atoms with Gasteiger partial charge in [0.1, 0.15) is 4.90 Å². The smallest absolute Gasteiger partial charge is 0.329 e. The Kier molecular flexibility index (Phi) is 3.25. The van der Waals surface area contributed by atoms with E-state index in [9.17, 15) is 13.5 Å². The summed E-state index contributed by atoms with van der Waals surface area (Å²) in [7, 11) is -3.48. The summed E-state index contributed by atoms with van der Waals surface area (Å²) in [4.78, 5) is 0.305. The maximum Gasteiger partial charge on any atom is 0.329 e. The number of aliphatic hydroxyl groups is 1. The maximum absolute atomic E-state index is 12.5. The molecule has 1 aliphatic rings. The van der Waals surface area contributed by atoms with E-state index in [1.807, 2.05) is 6.92 Å². The predicted octanol–water partition coefficient (Wildman–Crippen LogP) is 1.24. The first-order valence-electron chi connectivity index (χ1n) is 5.81. The van der Waals surface area contributed by atoms with Crippen LogP contribution < -0.4 is 0 Å². The third kappa shape index (κ3) is 1.99. The minimum Gasteiger partial charge on any atom is -0.346 e. The topological polar surface area (TPSA) is 54.4 Å². The Morgan fingerprint density at radius 3 is 2.18 bits per heavy atom. The van der Waals surface area contributed by atoms with E-state index in [1.165, 1.54) is 0 Å². The summed E-state index contributed by atoms with van der Waals surface area (Å²) in [6, 6.07) is 6.82. The molecule has 1 N–H and O–H groups in total. The Balaban J connectivity index is 2.45. The highest BCUT2D eigenvalue weighted by Gasteiger charge is 2.45. The van der Waals surface area contributed by atoms with Crippen molar-refractivity contribution in [3.05, 3.63) is 29.8 Å². The highest BCUT2D eigenvalue weighted by Crippen LogP contribution is 2.29. The fourth-order valence-corrected chi connectivity index (χ4v) is 4.12. The Bertz CT molecular complexity index is 487. The van der Waals surface area contributed by atoms with Gasteiger partial charge in [0.2, 0.25) is 0 Å². The molecule has 1 aliphatic heterocycles. The molecular weight excluding hydrogens is 238 g/mol. The standard InChI is InChI=1S/C12H18NO3S/c1-11-4-6-12(7-5-11)17(15,16)13(10-14)8-2-3-9-13/h4-7,14H,2-3,8-10H2,1H3/q+1. The Labute approximate surface area is 102 Å². The van der Waals surface area contributed by atoms with Gasteiger partial charge >= 0.3 is 10.0 Å². The van der Waals surface area contributed by atoms with Gasteiger partial charge in [-0.15, -0.1) is 0 Å². The molecule has 0 saturated carbocycles. The molecule has 94 valence electrons. The fraction of sp³-hybridized carbons (Fsp3) is 0.500. The van der Waals surface area contributed by atoms with E-state index >= 15 is 0 Å². The number of rotatable bonds is 3. The molecule has 0 bridgehead atoms. The van der Waals surface area contributed by atoms with Gasteiger partial charge in [-0.25, -0.2) is 0 Å². The van der Waals surface area contributed by atoms with Crippen molar-refractivity contribution in [2.24, 2.45) is 0 Å². The molecule has 0 atom stereocenters. The number of quaternary nitrogens is 1. The molecule has 1 heterocycles. The highest BCUT2D eigenvalue weighted by atomic mass is 32.2. The summed E-state index contributed by atoms with van der Waals surface area (Å²) in [5.41, 5.74) is 1.03. The molecule has 2 rings (SSSR count). The monoisotopic (exact) mass is 256 g/mol. The molecule has 1 aromatic rings. The van der Waals surface area contributed by atoms with Crippen LogP contribution >= 0.6 is 0 Å². The number of aryl methyl sites for hydroxylation is 1. The second-order valence-electron chi connectivity index (χ2n) is 4.64. The molecule has 0 amide bonds. The van der Waals surface area contributed by atoms with Gasteiger partial charge in [0.25, 0.3) is 0 Å². The summed E-state index contributed by atoms with van der Waals surface area (Å²) in [5.74, 6) is 0. The van der Waals surface area contributed by atoms with Gasteiger partial charge < -0.3 is 5.11 Å². The molecule has 0 unspecified atom stereocenters. The van der Waals surface area contributed by atoms with E-state index in [2.05, 4.69) is 0 Å². The van der Waals surface area contributed by atoms with Gasteiger partial charge in [-0.3, -0.25) is 0 Å². The first-order valence-corrected chi connectivity index (χ1v) is 7.25. The molecule has 5 heteroatoms. The molecule has 17 heavy (non-hydrogen) atoms. The van der Waals surface area contributed by atoms with Crippen LogP contribution in [0.5, 0.6) is 0 Å². The minimum atomic E-state index is -3.48. The summed E-state index contributed by atoms with van der Waals surface area (Å²) >= 11 is 0. The van der Waals surface area contributed by atoms with Crippen molar-refractivity contribution < 1.29 is 17.4 Å². The molecule has 4 nitrogen and oxygen atoms in total. The zero-order valence-corrected chi connectivity index (χ0v) is 10.8. The number of benzene rings is 1. The third-order valence-electron chi connectivity index (χ3n) is 3.47. The number of aliphatic hydroxyl groups excluding tert-OH is 1. The van der Waals surface area contributed by atoms with E-state index in [0.29, 0.717) is 18.0 Å². The predicted molar refractivity (Wildman–Crippen MR) is 64.7 cm³/mol. The molecule has 1 saturated heterocycles. The van der Waals surface area contributed by atoms with Crippen molar-refractivity contribution >= 4 is 10.0 Å². The van der Waals surface area contributed by atoms with E-state index in [1.54, 1.807) is 24.3 Å². The average Bonchev–Trinajstić information content (AvgIpc) is 2.79. The van der Waals surface area contributed by atoms with E-state index in [0.717, 1.165) is 18.4 Å². The van der Waals surface area contributed by atoms with E-state index < -0.39 is 10.0 Å². The quantitative estimate of drug-likeness (QED) is 0.828. The highest BCUT2D eigenvalue weighted by molar-refractivity contribution is 7.86. The van der Waals surface area contributed by atoms with Gasteiger partial charge in [0.15, 0.2) is 6.73 Å². The number of sulfonamides is 1. The molecule has 1 fully saturated rings. The van der Waals surface area contributed by atoms with Crippen molar-refractivity contribution in [2.75, 3.05) is 19.8 Å². The lowest BCUT2D eigenvalue weighted by Gasteiger charge is -2.29. The average molecular weight is 256 g/mol. The number of likely N-dealkylation sites (tertiary alicyclic amines) is 1. The number of nitrogens with zero attached hydrogens (tertiary/aromatic N) is 1. The van der Waals surface area contributed by atoms with Crippen molar-refractivity contribution in [3.63, 3.8) is 0 Å². The summed E-state index contributed by atoms with van der Waals surface area (Å²) in [6.45, 7) is 2.60. The molecule has 0 aromatic heterocycles. The summed E-state index contributed by atoms with van der Waals surface area (Å²) < 4.78 is 24.8. The molecular formula is C12H18NO3S+. The molecule has 0 spiro atoms. The van der Waals surface area contributed by atoms with Crippen molar-refractivity contribution in [2.45, 2.75) is 24.7 Å². The van der Waals surface area contributed by atoms with E-state index in [4.69, 9.17) is 0 Å². The Morgan fingerprint density at radius 2 is 1.71 bits per heavy atom. The van der Waals surface area contributed by atoms with Crippen LogP contribution in [0, 0.1) is 6.92 Å². The van der Waals surface area contributed by atoms with Crippen LogP contribution in [0.15, 0.2) is 29.2 Å². The lowest BCUT2D eigenvalue weighted by Crippen LogP contribution is -2.50. The molecule has 1 aromatic carbocycles. The van der Waals surface area contributed by atoms with Gasteiger partial charge in [-0.05, 0) is 19.1 Å². The third-order valence-corrected chi connectivity index (χ3v) is 5.84. The lowest BCUT2D eigenvalue weighted by molar-refractivity contribution is -0.814. The Hall–Kier alpha value is -0.910. The Morgan fingerprint density at radius 1 is 1.18 bits per heavy atom. The van der Waals surface area contributed by atoms with Gasteiger partial charge in [0.05, 0.1) is 13.1 Å². The fourth-order valence-electron chi connectivity index (χ4n) is 2.30. The van der Waals surface area contributed by atoms with Crippen molar-refractivity contribution in [3.8, 4) is 0 Å². The van der Waals surface area contributed by atoms with Crippen molar-refractivity contribution in [1.82, 2.24) is 0 Å². The van der Waals surface area contributed by atoms with Crippen LogP contribution in [0.1, 0.15) is 18.4 Å². The van der Waals surface area contributed by atoms with Crippen LogP contribution in [-0.2, 0) is 10.0 Å². The van der Waals surface area contributed by atoms with Crippen molar-refractivity contribution in [1.29, 1.82) is 0 Å². The minimum absolute atomic E-state index is 0.212. The van der Waals surface area contributed by atoms with E-state index in [-0.39, 0.29) is 10.6 Å². The number of hydrogen-bond donors (Lipinski definition) is 1. The SMILES string of the molecule is Cc1ccc(S(=O)(=O)[N+]2(CO)CCCC2)cc1. The van der Waals surface area contributed by atoms with Crippen LogP contribution in [-0.4, -0.2) is 37.2 Å². The van der Waals surface area contributed by atoms with Crippen LogP contribution in [0.3, 0.4) is 0 Å². The molecule has 0 aliphatic carbocycles. The largest absolute Gasteiger partial charge is 0.346 e. The van der Waals surface area contributed by atoms with Crippen LogP contribution in [0.4, 0.5) is 0 Å². The second kappa shape index (κ2) is 4.40. The van der Waals surface area contributed by atoms with Gasteiger partial charge in [0, 0.05) is 12.8 Å². The molecule has 0 radical (unpaired) electrons. The number of hydrogen-bond acceptors (Lipinski definition) is 3. The van der Waals surface area contributed by atoms with Gasteiger partial charge in [-0.2, -0.15) is 12.3 Å². The first-order chi connectivity index (χ1) is 8.02. The second-order valence-corrected chi connectivity index (χ2v) is 6.84. The normalized spacial score (nSPS) is 19.4. The first kappa shape index (κ1) is 12.5. The lowest BCUT2D eigenvalue weighted by atomic mass is 10.2. The zero-order valence-electron chi connectivity index (χ0n) is 9.96. The maximum atomic E-state index is 12.5. The summed E-state index contributed by atoms with van der Waals surface area (Å²) in [5, 5.41) is 9.46. The zero-order chi connectivity index (χ0) is 12.5. The van der Waals surface area contributed by atoms with Gasteiger partial charge in [-0.1, -0.05) is 17.7 Å².